The van der Waals surface area contributed by atoms with Crippen molar-refractivity contribution in [3.05, 3.63) is 35.6 Å². The molecule has 2 rings (SSSR count). The quantitative estimate of drug-likeness (QED) is 0.793. The van der Waals surface area contributed by atoms with Crippen LogP contribution in [0.15, 0.2) is 24.3 Å². The van der Waals surface area contributed by atoms with Crippen LogP contribution in [0.5, 0.6) is 0 Å². The van der Waals surface area contributed by atoms with Gasteiger partial charge < -0.3 is 0 Å². The standard InChI is InChI=1S/C11H14FNO2S/c12-11-6-2-1-5-10(11)9-13-7-3-4-8-16(13,14)15/h1-2,5-6H,3-4,7-9H2. The van der Waals surface area contributed by atoms with Crippen LogP contribution in [-0.4, -0.2) is 25.0 Å². The van der Waals surface area contributed by atoms with Crippen LogP contribution in [-0.2, 0) is 16.6 Å². The molecular weight excluding hydrogens is 229 g/mol. The SMILES string of the molecule is O=S1(=O)CCCCN1Cc1ccccc1F. The van der Waals surface area contributed by atoms with E-state index >= 15 is 0 Å². The van der Waals surface area contributed by atoms with E-state index in [1.807, 2.05) is 0 Å². The van der Waals surface area contributed by atoms with Crippen molar-refractivity contribution in [2.24, 2.45) is 0 Å². The molecule has 1 aromatic rings. The van der Waals surface area contributed by atoms with Gasteiger partial charge in [0, 0.05) is 18.7 Å². The van der Waals surface area contributed by atoms with Crippen LogP contribution in [0.1, 0.15) is 18.4 Å². The fourth-order valence-corrected chi connectivity index (χ4v) is 3.41. The largest absolute Gasteiger partial charge is 0.214 e. The topological polar surface area (TPSA) is 37.4 Å². The number of rotatable bonds is 2. The number of nitrogens with zero attached hydrogens (tertiary/aromatic N) is 1. The van der Waals surface area contributed by atoms with E-state index in [1.54, 1.807) is 18.2 Å². The van der Waals surface area contributed by atoms with Crippen molar-refractivity contribution >= 4 is 10.0 Å². The van der Waals surface area contributed by atoms with E-state index in [0.29, 0.717) is 18.5 Å². The molecule has 88 valence electrons. The van der Waals surface area contributed by atoms with Crippen molar-refractivity contribution in [3.63, 3.8) is 0 Å². The van der Waals surface area contributed by atoms with Gasteiger partial charge >= 0.3 is 0 Å². The Kier molecular flexibility index (Phi) is 3.25. The van der Waals surface area contributed by atoms with Crippen molar-refractivity contribution < 1.29 is 12.8 Å². The van der Waals surface area contributed by atoms with Gasteiger partial charge in [0.1, 0.15) is 5.82 Å². The van der Waals surface area contributed by atoms with Gasteiger partial charge in [-0.25, -0.2) is 12.8 Å². The number of benzene rings is 1. The normalized spacial score (nSPS) is 20.8. The van der Waals surface area contributed by atoms with Crippen molar-refractivity contribution in [1.82, 2.24) is 4.31 Å². The molecule has 0 aliphatic carbocycles. The molecule has 1 saturated heterocycles. The second-order valence-electron chi connectivity index (χ2n) is 3.95. The summed E-state index contributed by atoms with van der Waals surface area (Å²) >= 11 is 0. The minimum Gasteiger partial charge on any atom is -0.212 e. The average molecular weight is 243 g/mol. The number of hydrogen-bond donors (Lipinski definition) is 0. The van der Waals surface area contributed by atoms with Crippen molar-refractivity contribution in [3.8, 4) is 0 Å². The molecule has 0 atom stereocenters. The van der Waals surface area contributed by atoms with Gasteiger partial charge in [-0.05, 0) is 18.9 Å². The van der Waals surface area contributed by atoms with Gasteiger partial charge in [0.15, 0.2) is 0 Å². The molecule has 0 N–H and O–H groups in total. The lowest BCUT2D eigenvalue weighted by molar-refractivity contribution is 0.373. The molecule has 0 radical (unpaired) electrons. The Morgan fingerprint density at radius 1 is 1.25 bits per heavy atom. The highest BCUT2D eigenvalue weighted by Gasteiger charge is 2.26. The average Bonchev–Trinajstić information content (AvgIpc) is 2.24. The van der Waals surface area contributed by atoms with E-state index in [9.17, 15) is 12.8 Å². The highest BCUT2D eigenvalue weighted by atomic mass is 32.2. The first-order valence-electron chi connectivity index (χ1n) is 5.31. The Balaban J connectivity index is 2.18. The molecule has 1 heterocycles. The molecule has 5 heteroatoms. The lowest BCUT2D eigenvalue weighted by Gasteiger charge is -2.26. The summed E-state index contributed by atoms with van der Waals surface area (Å²) in [6.45, 7) is 0.645. The highest BCUT2D eigenvalue weighted by molar-refractivity contribution is 7.89. The Labute approximate surface area is 94.9 Å². The summed E-state index contributed by atoms with van der Waals surface area (Å²) in [6, 6.07) is 6.30. The van der Waals surface area contributed by atoms with Crippen LogP contribution >= 0.6 is 0 Å². The van der Waals surface area contributed by atoms with Gasteiger partial charge in [0.05, 0.1) is 5.75 Å². The molecule has 0 unspecified atom stereocenters. The highest BCUT2D eigenvalue weighted by Crippen LogP contribution is 2.18. The molecule has 1 aliphatic rings. The maximum absolute atomic E-state index is 13.4. The first-order chi connectivity index (χ1) is 7.59. The Morgan fingerprint density at radius 3 is 2.69 bits per heavy atom. The molecule has 0 spiro atoms. The van der Waals surface area contributed by atoms with Crippen LogP contribution in [0.2, 0.25) is 0 Å². The van der Waals surface area contributed by atoms with Gasteiger partial charge in [0.25, 0.3) is 0 Å². The summed E-state index contributed by atoms with van der Waals surface area (Å²) in [5.41, 5.74) is 0.438. The van der Waals surface area contributed by atoms with Gasteiger partial charge in [-0.1, -0.05) is 18.2 Å². The van der Waals surface area contributed by atoms with E-state index in [2.05, 4.69) is 0 Å². The molecule has 0 aromatic heterocycles. The van der Waals surface area contributed by atoms with Crippen LogP contribution in [0.3, 0.4) is 0 Å². The molecule has 0 amide bonds. The molecule has 0 saturated carbocycles. The smallest absolute Gasteiger partial charge is 0.212 e. The first kappa shape index (κ1) is 11.5. The zero-order chi connectivity index (χ0) is 11.6. The van der Waals surface area contributed by atoms with Gasteiger partial charge in [-0.2, -0.15) is 4.31 Å². The van der Waals surface area contributed by atoms with Crippen LogP contribution in [0.25, 0.3) is 0 Å². The van der Waals surface area contributed by atoms with Crippen molar-refractivity contribution in [2.75, 3.05) is 12.3 Å². The fourth-order valence-electron chi connectivity index (χ4n) is 1.83. The summed E-state index contributed by atoms with van der Waals surface area (Å²) in [5, 5.41) is 0. The molecular formula is C11H14FNO2S. The fraction of sp³-hybridized carbons (Fsp3) is 0.455. The third-order valence-corrected chi connectivity index (χ3v) is 4.66. The Bertz CT molecular complexity index is 473. The summed E-state index contributed by atoms with van der Waals surface area (Å²) < 4.78 is 38.1. The van der Waals surface area contributed by atoms with Crippen LogP contribution in [0.4, 0.5) is 4.39 Å². The predicted octanol–water partition coefficient (Wildman–Crippen LogP) is 1.75. The lowest BCUT2D eigenvalue weighted by atomic mass is 10.2. The van der Waals surface area contributed by atoms with Gasteiger partial charge in [-0.15, -0.1) is 0 Å². The van der Waals surface area contributed by atoms with Gasteiger partial charge in [0.2, 0.25) is 10.0 Å². The molecule has 16 heavy (non-hydrogen) atoms. The van der Waals surface area contributed by atoms with Crippen molar-refractivity contribution in [1.29, 1.82) is 0 Å². The number of halogens is 1. The van der Waals surface area contributed by atoms with E-state index < -0.39 is 10.0 Å². The van der Waals surface area contributed by atoms with E-state index in [4.69, 9.17) is 0 Å². The Morgan fingerprint density at radius 2 is 2.00 bits per heavy atom. The number of sulfonamides is 1. The first-order valence-corrected chi connectivity index (χ1v) is 6.92. The monoisotopic (exact) mass is 243 g/mol. The van der Waals surface area contributed by atoms with Crippen LogP contribution in [0, 0.1) is 5.82 Å². The zero-order valence-electron chi connectivity index (χ0n) is 8.89. The summed E-state index contributed by atoms with van der Waals surface area (Å²) in [5.74, 6) is -0.162. The third kappa shape index (κ3) is 2.41. The Hall–Kier alpha value is -0.940. The molecule has 3 nitrogen and oxygen atoms in total. The van der Waals surface area contributed by atoms with E-state index in [0.717, 1.165) is 6.42 Å². The van der Waals surface area contributed by atoms with E-state index in [1.165, 1.54) is 10.4 Å². The summed E-state index contributed by atoms with van der Waals surface area (Å²) in [7, 11) is -3.17. The predicted molar refractivity (Wildman–Crippen MR) is 59.8 cm³/mol. The summed E-state index contributed by atoms with van der Waals surface area (Å²) in [4.78, 5) is 0. The molecule has 0 bridgehead atoms. The lowest BCUT2D eigenvalue weighted by Crippen LogP contribution is -2.37. The van der Waals surface area contributed by atoms with Crippen LogP contribution < -0.4 is 0 Å². The van der Waals surface area contributed by atoms with E-state index in [-0.39, 0.29) is 18.1 Å². The minimum atomic E-state index is -3.17. The molecule has 1 aliphatic heterocycles. The zero-order valence-corrected chi connectivity index (χ0v) is 9.71. The summed E-state index contributed by atoms with van der Waals surface area (Å²) in [6.07, 6.45) is 1.56. The maximum atomic E-state index is 13.4. The molecule has 1 fully saturated rings. The number of hydrogen-bond acceptors (Lipinski definition) is 2. The minimum absolute atomic E-state index is 0.148. The second-order valence-corrected chi connectivity index (χ2v) is 6.04. The van der Waals surface area contributed by atoms with Crippen molar-refractivity contribution in [2.45, 2.75) is 19.4 Å². The second kappa shape index (κ2) is 4.51. The molecule has 1 aromatic carbocycles. The third-order valence-electron chi connectivity index (χ3n) is 2.76. The maximum Gasteiger partial charge on any atom is 0.214 e. The van der Waals surface area contributed by atoms with Gasteiger partial charge in [-0.3, -0.25) is 0 Å².